The van der Waals surface area contributed by atoms with Crippen molar-refractivity contribution in [3.8, 4) is 22.6 Å². The van der Waals surface area contributed by atoms with Crippen LogP contribution < -0.4 is 20.1 Å². The number of rotatable bonds is 7. The molecule has 3 heterocycles. The number of fused-ring (bicyclic) bond motifs is 1. The number of aromatic amines is 1. The molecule has 8 heteroatoms. The van der Waals surface area contributed by atoms with Gasteiger partial charge < -0.3 is 25.0 Å². The van der Waals surface area contributed by atoms with Gasteiger partial charge in [0, 0.05) is 24.3 Å². The third kappa shape index (κ3) is 4.78. The summed E-state index contributed by atoms with van der Waals surface area (Å²) in [6, 6.07) is 11.9. The van der Waals surface area contributed by atoms with Crippen molar-refractivity contribution in [3.63, 3.8) is 0 Å². The van der Waals surface area contributed by atoms with Crippen LogP contribution in [0.15, 0.2) is 48.8 Å². The van der Waals surface area contributed by atoms with Crippen LogP contribution in [-0.4, -0.2) is 60.4 Å². The summed E-state index contributed by atoms with van der Waals surface area (Å²) >= 11 is 0. The van der Waals surface area contributed by atoms with Gasteiger partial charge in [0.2, 0.25) is 5.91 Å². The van der Waals surface area contributed by atoms with E-state index in [1.807, 2.05) is 36.5 Å². The fourth-order valence-corrected chi connectivity index (χ4v) is 4.73. The van der Waals surface area contributed by atoms with Crippen molar-refractivity contribution >= 4 is 11.6 Å². The molecule has 0 bridgehead atoms. The molecule has 2 atom stereocenters. The number of carbonyl (C=O) groups is 1. The Morgan fingerprint density at radius 2 is 2.12 bits per heavy atom. The zero-order valence-corrected chi connectivity index (χ0v) is 19.6. The third-order valence-corrected chi connectivity index (χ3v) is 6.87. The van der Waals surface area contributed by atoms with E-state index >= 15 is 0 Å². The van der Waals surface area contributed by atoms with Crippen LogP contribution in [0.2, 0.25) is 0 Å². The first-order valence-corrected chi connectivity index (χ1v) is 11.8. The van der Waals surface area contributed by atoms with E-state index in [0.29, 0.717) is 37.1 Å². The van der Waals surface area contributed by atoms with Crippen LogP contribution in [0, 0.1) is 0 Å². The van der Waals surface area contributed by atoms with Crippen LogP contribution >= 0.6 is 0 Å². The van der Waals surface area contributed by atoms with Gasteiger partial charge in [-0.05, 0) is 73.8 Å². The first kappa shape index (κ1) is 22.4. The number of benzene rings is 2. The van der Waals surface area contributed by atoms with Crippen LogP contribution in [0.5, 0.6) is 11.5 Å². The molecule has 5 rings (SSSR count). The van der Waals surface area contributed by atoms with Crippen molar-refractivity contribution in [2.24, 2.45) is 0 Å². The van der Waals surface area contributed by atoms with Gasteiger partial charge in [-0.2, -0.15) is 5.10 Å². The first-order valence-electron chi connectivity index (χ1n) is 11.8. The van der Waals surface area contributed by atoms with Crippen molar-refractivity contribution in [2.45, 2.75) is 37.9 Å². The van der Waals surface area contributed by atoms with Crippen molar-refractivity contribution in [1.82, 2.24) is 20.4 Å². The number of nitrogens with one attached hydrogen (secondary N) is 3. The highest BCUT2D eigenvalue weighted by atomic mass is 16.5. The van der Waals surface area contributed by atoms with E-state index in [-0.39, 0.29) is 11.9 Å². The number of ether oxygens (including phenoxy) is 2. The van der Waals surface area contributed by atoms with Gasteiger partial charge in [-0.15, -0.1) is 0 Å². The van der Waals surface area contributed by atoms with Gasteiger partial charge in [-0.3, -0.25) is 9.89 Å². The molecule has 3 N–H and O–H groups in total. The van der Waals surface area contributed by atoms with E-state index in [1.165, 1.54) is 12.0 Å². The van der Waals surface area contributed by atoms with E-state index in [0.717, 1.165) is 35.4 Å². The Bertz CT molecular complexity index is 1150. The summed E-state index contributed by atoms with van der Waals surface area (Å²) in [5.74, 6) is 1.40. The van der Waals surface area contributed by atoms with Crippen LogP contribution in [-0.2, 0) is 17.8 Å². The second-order valence-corrected chi connectivity index (χ2v) is 9.05. The lowest BCUT2D eigenvalue weighted by Gasteiger charge is -2.26. The summed E-state index contributed by atoms with van der Waals surface area (Å²) in [5.41, 5.74) is 4.96. The lowest BCUT2D eigenvalue weighted by molar-refractivity contribution is -0.118. The Balaban J connectivity index is 1.33. The highest BCUT2D eigenvalue weighted by Gasteiger charge is 2.26. The topological polar surface area (TPSA) is 91.5 Å². The predicted molar refractivity (Wildman–Crippen MR) is 131 cm³/mol. The standard InChI is InChI=1S/C26H31N5O3/c1-31-9-3-4-21(31)16-34-25-12-17(20-14-28-29-15-20)6-8-23(25)30-26(32)24-11-19-10-22(33-2)7-5-18(19)13-27-24/h5-8,10,12,14-15,21,24,27H,3-4,9,11,13,16H2,1-2H3,(H,28,29)(H,30,32)/t21?,24-/m1/s1. The van der Waals surface area contributed by atoms with Crippen molar-refractivity contribution in [1.29, 1.82) is 0 Å². The lowest BCUT2D eigenvalue weighted by Crippen LogP contribution is -2.44. The van der Waals surface area contributed by atoms with E-state index in [1.54, 1.807) is 13.3 Å². The number of amides is 1. The summed E-state index contributed by atoms with van der Waals surface area (Å²) in [6.07, 6.45) is 6.53. The minimum atomic E-state index is -0.332. The molecule has 2 aliphatic rings. The number of hydrogen-bond donors (Lipinski definition) is 3. The number of nitrogens with zero attached hydrogens (tertiary/aromatic N) is 2. The van der Waals surface area contributed by atoms with Gasteiger partial charge in [-0.1, -0.05) is 12.1 Å². The average Bonchev–Trinajstić information content (AvgIpc) is 3.54. The van der Waals surface area contributed by atoms with E-state index < -0.39 is 0 Å². The summed E-state index contributed by atoms with van der Waals surface area (Å²) in [6.45, 7) is 2.32. The largest absolute Gasteiger partial charge is 0.497 e. The number of methoxy groups -OCH3 is 1. The molecule has 178 valence electrons. The maximum absolute atomic E-state index is 13.2. The zero-order valence-electron chi connectivity index (χ0n) is 19.6. The average molecular weight is 462 g/mol. The second kappa shape index (κ2) is 9.87. The van der Waals surface area contributed by atoms with Crippen LogP contribution in [0.25, 0.3) is 11.1 Å². The van der Waals surface area contributed by atoms with Crippen molar-refractivity contribution < 1.29 is 14.3 Å². The number of carbonyl (C=O) groups excluding carboxylic acids is 1. The fourth-order valence-electron chi connectivity index (χ4n) is 4.73. The Kier molecular flexibility index (Phi) is 6.51. The lowest BCUT2D eigenvalue weighted by atomic mass is 9.95. The molecule has 1 unspecified atom stereocenters. The summed E-state index contributed by atoms with van der Waals surface area (Å²) in [4.78, 5) is 15.6. The minimum Gasteiger partial charge on any atom is -0.497 e. The number of anilines is 1. The van der Waals surface area contributed by atoms with Gasteiger partial charge in [0.1, 0.15) is 18.1 Å². The number of H-pyrrole nitrogens is 1. The molecule has 1 saturated heterocycles. The van der Waals surface area contributed by atoms with Crippen LogP contribution in [0.1, 0.15) is 24.0 Å². The Hall–Kier alpha value is -3.36. The predicted octanol–water partition coefficient (Wildman–Crippen LogP) is 3.21. The van der Waals surface area contributed by atoms with E-state index in [9.17, 15) is 4.79 Å². The first-order chi connectivity index (χ1) is 16.6. The van der Waals surface area contributed by atoms with Crippen molar-refractivity contribution in [2.75, 3.05) is 32.6 Å². The summed E-state index contributed by atoms with van der Waals surface area (Å²) in [5, 5.41) is 13.4. The molecule has 8 nitrogen and oxygen atoms in total. The zero-order chi connectivity index (χ0) is 23.5. The number of likely N-dealkylation sites (N-methyl/N-ethyl adjacent to an activating group) is 1. The number of likely N-dealkylation sites (tertiary alicyclic amines) is 1. The van der Waals surface area contributed by atoms with Crippen LogP contribution in [0.3, 0.4) is 0 Å². The normalized spacial score (nSPS) is 20.1. The molecule has 2 aromatic carbocycles. The SMILES string of the molecule is COc1ccc2c(c1)C[C@H](C(=O)Nc1ccc(-c3cn[nH]c3)cc1OCC1CCCN1C)NC2. The molecule has 1 aromatic heterocycles. The molecule has 0 saturated carbocycles. The van der Waals surface area contributed by atoms with Gasteiger partial charge >= 0.3 is 0 Å². The molecule has 3 aromatic rings. The Morgan fingerprint density at radius 3 is 2.88 bits per heavy atom. The van der Waals surface area contributed by atoms with Crippen LogP contribution in [0.4, 0.5) is 5.69 Å². The quantitative estimate of drug-likeness (QED) is 0.501. The van der Waals surface area contributed by atoms with Gasteiger partial charge in [-0.25, -0.2) is 0 Å². The molecule has 1 fully saturated rings. The molecular weight excluding hydrogens is 430 g/mol. The molecule has 0 aliphatic carbocycles. The highest BCUT2D eigenvalue weighted by molar-refractivity contribution is 5.97. The van der Waals surface area contributed by atoms with E-state index in [2.05, 4.69) is 38.8 Å². The number of aromatic nitrogens is 2. The van der Waals surface area contributed by atoms with E-state index in [4.69, 9.17) is 9.47 Å². The second-order valence-electron chi connectivity index (χ2n) is 9.05. The van der Waals surface area contributed by atoms with Crippen molar-refractivity contribution in [3.05, 3.63) is 59.9 Å². The Morgan fingerprint density at radius 1 is 1.21 bits per heavy atom. The maximum atomic E-state index is 13.2. The molecule has 0 spiro atoms. The van der Waals surface area contributed by atoms with Gasteiger partial charge in [0.15, 0.2) is 0 Å². The highest BCUT2D eigenvalue weighted by Crippen LogP contribution is 2.32. The molecular formula is C26H31N5O3. The Labute approximate surface area is 199 Å². The third-order valence-electron chi connectivity index (χ3n) is 6.87. The number of hydrogen-bond acceptors (Lipinski definition) is 6. The summed E-state index contributed by atoms with van der Waals surface area (Å²) in [7, 11) is 3.79. The monoisotopic (exact) mass is 461 g/mol. The molecule has 34 heavy (non-hydrogen) atoms. The molecule has 1 amide bonds. The molecule has 0 radical (unpaired) electrons. The smallest absolute Gasteiger partial charge is 0.241 e. The van der Waals surface area contributed by atoms with Gasteiger partial charge in [0.05, 0.1) is 25.0 Å². The molecule has 2 aliphatic heterocycles. The summed E-state index contributed by atoms with van der Waals surface area (Å²) < 4.78 is 11.6. The maximum Gasteiger partial charge on any atom is 0.241 e. The fraction of sp³-hybridized carbons (Fsp3) is 0.385. The van der Waals surface area contributed by atoms with Gasteiger partial charge in [0.25, 0.3) is 0 Å². The minimum absolute atomic E-state index is 0.0765.